The fourth-order valence-electron chi connectivity index (χ4n) is 7.41. The lowest BCUT2D eigenvalue weighted by Crippen LogP contribution is -2.58. The standard InChI is InChI=1S/C44H54Cl2N8O7S/c1-25-26(2)62-43-37(25)38(29-10-14-31(46)15-11-29)49-33(40-52-51-27(3)54(40)43)21-35(56)47-16-19-60-17-7-18-61-24-36(57)50-39(44(4,5)6)42(59)53-23-32(55)20-34(53)41(58)48-22-28-8-12-30(45)13-9-28/h8-15,32-34,39,55H,7,16-24H2,1-6H3,(H,47,56)(H,48,58)(H,50,57)/t32-,33+,34+,39-/m1/s1. The van der Waals surface area contributed by atoms with Crippen LogP contribution in [0.1, 0.15) is 84.9 Å². The van der Waals surface area contributed by atoms with Gasteiger partial charge < -0.3 is 35.4 Å². The molecule has 2 aliphatic heterocycles. The van der Waals surface area contributed by atoms with Gasteiger partial charge in [-0.05, 0) is 68.0 Å². The fraction of sp³-hybridized carbons (Fsp3) is 0.477. The molecule has 62 heavy (non-hydrogen) atoms. The van der Waals surface area contributed by atoms with Crippen LogP contribution in [0, 0.1) is 26.2 Å². The van der Waals surface area contributed by atoms with E-state index in [1.807, 2.05) is 56.5 Å². The Kier molecular flexibility index (Phi) is 15.6. The molecule has 1 fully saturated rings. The number of carbonyl (C=O) groups excluding carboxylic acids is 4. The molecule has 4 amide bonds. The van der Waals surface area contributed by atoms with Crippen molar-refractivity contribution in [2.45, 2.75) is 91.6 Å². The van der Waals surface area contributed by atoms with Crippen LogP contribution in [-0.2, 0) is 35.2 Å². The summed E-state index contributed by atoms with van der Waals surface area (Å²) >= 11 is 13.8. The van der Waals surface area contributed by atoms with Crippen LogP contribution in [0.3, 0.4) is 0 Å². The summed E-state index contributed by atoms with van der Waals surface area (Å²) in [5.41, 5.74) is 3.90. The molecule has 4 aromatic rings. The van der Waals surface area contributed by atoms with Gasteiger partial charge in [-0.3, -0.25) is 28.7 Å². The number of fused-ring (bicyclic) bond motifs is 3. The number of benzene rings is 2. The van der Waals surface area contributed by atoms with Crippen molar-refractivity contribution in [1.29, 1.82) is 0 Å². The minimum atomic E-state index is -0.974. The first kappa shape index (κ1) is 46.8. The second-order valence-corrected chi connectivity index (χ2v) is 18.7. The Hall–Kier alpha value is -4.71. The number of nitrogens with one attached hydrogen (secondary N) is 3. The number of aryl methyl sites for hydroxylation is 2. The van der Waals surface area contributed by atoms with Crippen LogP contribution in [0.15, 0.2) is 53.5 Å². The van der Waals surface area contributed by atoms with Gasteiger partial charge in [0.1, 0.15) is 35.6 Å². The van der Waals surface area contributed by atoms with Gasteiger partial charge >= 0.3 is 0 Å². The zero-order valence-electron chi connectivity index (χ0n) is 35.8. The number of hydrogen-bond acceptors (Lipinski definition) is 11. The first-order chi connectivity index (χ1) is 29.5. The fourth-order valence-corrected chi connectivity index (χ4v) is 8.87. The summed E-state index contributed by atoms with van der Waals surface area (Å²) < 4.78 is 13.3. The van der Waals surface area contributed by atoms with Gasteiger partial charge in [0.05, 0.1) is 24.8 Å². The quantitative estimate of drug-likeness (QED) is 0.103. The summed E-state index contributed by atoms with van der Waals surface area (Å²) in [4.78, 5) is 60.9. The number of aliphatic hydroxyl groups is 1. The molecule has 0 bridgehead atoms. The van der Waals surface area contributed by atoms with Crippen LogP contribution in [-0.4, -0.2) is 112 Å². The van der Waals surface area contributed by atoms with E-state index in [1.54, 1.807) is 35.6 Å². The number of aliphatic imine (C=N–C) groups is 1. The van der Waals surface area contributed by atoms with Crippen LogP contribution in [0.2, 0.25) is 10.0 Å². The smallest absolute Gasteiger partial charge is 0.246 e. The summed E-state index contributed by atoms with van der Waals surface area (Å²) in [6, 6.07) is 12.1. The zero-order valence-corrected chi connectivity index (χ0v) is 38.1. The van der Waals surface area contributed by atoms with Gasteiger partial charge in [0.25, 0.3) is 0 Å². The molecule has 6 rings (SSSR count). The highest BCUT2D eigenvalue weighted by Gasteiger charge is 2.44. The SMILES string of the molecule is Cc1sc2c(c1C)C(c1ccc(Cl)cc1)=N[C@@H](CC(=O)NCCOCCCOCC(=O)N[C@H](C(=O)N1C[C@H](O)C[C@H]1C(=O)NCc1ccc(Cl)cc1)C(C)(C)C)c1nnc(C)n1-2. The Morgan fingerprint density at radius 3 is 2.29 bits per heavy atom. The third-order valence-corrected chi connectivity index (χ3v) is 12.5. The number of carbonyl (C=O) groups is 4. The number of thiophene rings is 1. The first-order valence-corrected chi connectivity index (χ1v) is 22.2. The maximum Gasteiger partial charge on any atom is 0.246 e. The van der Waals surface area contributed by atoms with Crippen molar-refractivity contribution < 1.29 is 33.8 Å². The Bertz CT molecular complexity index is 2270. The molecule has 2 aliphatic rings. The Labute approximate surface area is 375 Å². The minimum absolute atomic E-state index is 0.0266. The number of aliphatic hydroxyl groups excluding tert-OH is 1. The van der Waals surface area contributed by atoms with Crippen LogP contribution in [0.5, 0.6) is 0 Å². The van der Waals surface area contributed by atoms with Gasteiger partial charge in [0, 0.05) is 65.3 Å². The van der Waals surface area contributed by atoms with Crippen LogP contribution < -0.4 is 16.0 Å². The molecule has 0 unspecified atom stereocenters. The highest BCUT2D eigenvalue weighted by molar-refractivity contribution is 7.15. The van der Waals surface area contributed by atoms with Crippen LogP contribution >= 0.6 is 34.5 Å². The summed E-state index contributed by atoms with van der Waals surface area (Å²) in [5.74, 6) is -0.240. The average Bonchev–Trinajstić information content (AvgIpc) is 3.87. The summed E-state index contributed by atoms with van der Waals surface area (Å²) in [7, 11) is 0. The van der Waals surface area contributed by atoms with Crippen molar-refractivity contribution >= 4 is 63.9 Å². The lowest BCUT2D eigenvalue weighted by Gasteiger charge is -2.35. The van der Waals surface area contributed by atoms with Crippen molar-refractivity contribution in [3.63, 3.8) is 0 Å². The van der Waals surface area contributed by atoms with Crippen molar-refractivity contribution in [3.05, 3.63) is 97.4 Å². The highest BCUT2D eigenvalue weighted by atomic mass is 35.5. The number of nitrogens with zero attached hydrogens (tertiary/aromatic N) is 5. The Balaban J connectivity index is 0.929. The maximum atomic E-state index is 13.8. The van der Waals surface area contributed by atoms with Gasteiger partial charge in [-0.1, -0.05) is 68.2 Å². The number of halogens is 2. The van der Waals surface area contributed by atoms with Crippen molar-refractivity contribution in [3.8, 4) is 5.00 Å². The minimum Gasteiger partial charge on any atom is -0.391 e. The van der Waals surface area contributed by atoms with Gasteiger partial charge in [-0.25, -0.2) is 0 Å². The van der Waals surface area contributed by atoms with Gasteiger partial charge in [0.2, 0.25) is 23.6 Å². The molecule has 2 aromatic heterocycles. The molecule has 332 valence electrons. The highest BCUT2D eigenvalue weighted by Crippen LogP contribution is 2.39. The van der Waals surface area contributed by atoms with Crippen molar-refractivity contribution in [2.75, 3.05) is 39.5 Å². The Morgan fingerprint density at radius 1 is 0.919 bits per heavy atom. The number of rotatable bonds is 17. The van der Waals surface area contributed by atoms with Gasteiger partial charge in [0.15, 0.2) is 5.82 Å². The second-order valence-electron chi connectivity index (χ2n) is 16.6. The molecule has 4 heterocycles. The van der Waals surface area contributed by atoms with Crippen molar-refractivity contribution in [2.24, 2.45) is 10.4 Å². The largest absolute Gasteiger partial charge is 0.391 e. The number of aromatic nitrogens is 3. The molecular formula is C44H54Cl2N8O7S. The van der Waals surface area contributed by atoms with E-state index in [9.17, 15) is 24.3 Å². The monoisotopic (exact) mass is 908 g/mol. The van der Waals surface area contributed by atoms with Gasteiger partial charge in [-0.15, -0.1) is 21.5 Å². The normalized spacial score (nSPS) is 17.7. The molecule has 0 aliphatic carbocycles. The van der Waals surface area contributed by atoms with E-state index >= 15 is 0 Å². The molecule has 15 nitrogen and oxygen atoms in total. The van der Waals surface area contributed by atoms with E-state index in [0.29, 0.717) is 34.7 Å². The van der Waals surface area contributed by atoms with E-state index in [0.717, 1.165) is 37.8 Å². The van der Waals surface area contributed by atoms with Crippen LogP contribution in [0.25, 0.3) is 5.00 Å². The number of β-amino-alcohol motifs (C(OH)–C–C–N with tert-alkyl or cyclic N) is 1. The van der Waals surface area contributed by atoms with E-state index in [-0.39, 0.29) is 58.2 Å². The molecule has 2 aromatic carbocycles. The molecule has 0 radical (unpaired) electrons. The number of likely N-dealkylation sites (tertiary alicyclic amines) is 1. The molecule has 1 saturated heterocycles. The zero-order chi connectivity index (χ0) is 44.7. The first-order valence-electron chi connectivity index (χ1n) is 20.6. The lowest BCUT2D eigenvalue weighted by molar-refractivity contribution is -0.144. The molecule has 18 heteroatoms. The predicted molar refractivity (Wildman–Crippen MR) is 238 cm³/mol. The third-order valence-electron chi connectivity index (χ3n) is 10.8. The molecular weight excluding hydrogens is 856 g/mol. The number of amides is 4. The topological polar surface area (TPSA) is 189 Å². The van der Waals surface area contributed by atoms with E-state index in [2.05, 4.69) is 40.0 Å². The summed E-state index contributed by atoms with van der Waals surface area (Å²) in [5, 5.41) is 30.0. The van der Waals surface area contributed by atoms with E-state index in [4.69, 9.17) is 37.7 Å². The molecule has 4 atom stereocenters. The Morgan fingerprint density at radius 2 is 1.60 bits per heavy atom. The summed E-state index contributed by atoms with van der Waals surface area (Å²) in [6.45, 7) is 12.5. The van der Waals surface area contributed by atoms with Crippen LogP contribution in [0.4, 0.5) is 0 Å². The lowest BCUT2D eigenvalue weighted by atomic mass is 9.85. The predicted octanol–water partition coefficient (Wildman–Crippen LogP) is 5.19. The maximum absolute atomic E-state index is 13.8. The van der Waals surface area contributed by atoms with Crippen molar-refractivity contribution in [1.82, 2.24) is 35.6 Å². The molecule has 0 saturated carbocycles. The number of ether oxygens (including phenoxy) is 2. The van der Waals surface area contributed by atoms with Gasteiger partial charge in [-0.2, -0.15) is 0 Å². The number of hydrogen-bond donors (Lipinski definition) is 4. The second kappa shape index (κ2) is 20.6. The van der Waals surface area contributed by atoms with E-state index in [1.165, 1.54) is 4.90 Å². The molecule has 0 spiro atoms. The average molecular weight is 910 g/mol. The summed E-state index contributed by atoms with van der Waals surface area (Å²) in [6.07, 6.45) is -0.245. The molecule has 4 N–H and O–H groups in total. The third kappa shape index (κ3) is 11.5. The van der Waals surface area contributed by atoms with E-state index < -0.39 is 47.4 Å².